The molecular weight excluding hydrogens is 831 g/mol. The minimum Gasteiger partial charge on any atom is -0.501 e. The second kappa shape index (κ2) is 15.6. The topological polar surface area (TPSA) is 43.9 Å². The summed E-state index contributed by atoms with van der Waals surface area (Å²) in [5, 5.41) is 3.71. The molecule has 1 radical (unpaired) electrons. The number of aromatic nitrogens is 3. The van der Waals surface area contributed by atoms with Gasteiger partial charge in [0.25, 0.3) is 0 Å². The number of nitrogens with zero attached hydrogens (tertiary/aromatic N) is 3. The standard InChI is InChI=1S/C24H28NSi.C22H17N2O.Ir/c1-18(2)14-22-16-23(25-17-24(22)26(3,4)5)21-13-9-12-20(15-21)19-10-7-6-8-11-19;1-14(2)24-19-12-5-4-11-18(19)23-22(24)17-10-7-9-16-15-8-3-6-13-20(15)25-21(16)17;/h6-12,15-18H,14H2,1-5H3;3-9,11-14H,1-2H3;/q2*-1;. The second-order valence-corrected chi connectivity index (χ2v) is 20.1. The van der Waals surface area contributed by atoms with Crippen molar-refractivity contribution in [3.63, 3.8) is 0 Å². The number of imidazole rings is 1. The van der Waals surface area contributed by atoms with E-state index in [2.05, 4.69) is 143 Å². The molecule has 0 fully saturated rings. The van der Waals surface area contributed by atoms with Crippen LogP contribution in [0.2, 0.25) is 19.6 Å². The number of furan rings is 1. The Bertz CT molecular complexity index is 2450. The van der Waals surface area contributed by atoms with Gasteiger partial charge in [-0.05, 0) is 60.8 Å². The van der Waals surface area contributed by atoms with Crippen LogP contribution in [0.25, 0.3) is 66.7 Å². The predicted molar refractivity (Wildman–Crippen MR) is 217 cm³/mol. The molecule has 0 saturated carbocycles. The van der Waals surface area contributed by atoms with Crippen LogP contribution in [-0.2, 0) is 26.5 Å². The number of pyridine rings is 1. The minimum absolute atomic E-state index is 0. The molecule has 4 nitrogen and oxygen atoms in total. The van der Waals surface area contributed by atoms with Crippen LogP contribution < -0.4 is 5.19 Å². The zero-order valence-electron chi connectivity index (χ0n) is 31.0. The number of fused-ring (bicyclic) bond motifs is 4. The van der Waals surface area contributed by atoms with Crippen LogP contribution in [0.1, 0.15) is 39.3 Å². The number of para-hydroxylation sites is 3. The maximum Gasteiger partial charge on any atom is 0.120 e. The average Bonchev–Trinajstić information content (AvgIpc) is 3.71. The van der Waals surface area contributed by atoms with Crippen molar-refractivity contribution in [1.82, 2.24) is 14.5 Å². The quantitative estimate of drug-likeness (QED) is 0.118. The molecule has 0 amide bonds. The summed E-state index contributed by atoms with van der Waals surface area (Å²) in [6.07, 6.45) is 3.23. The SMILES string of the molecule is CC(C)Cc1cc(-c2[c-]ccc(-c3ccccc3)c2)ncc1[Si](C)(C)C.CC(C)n1c(-c2[c-]ccc3c2oc2ccccc23)nc2ccccc21.[Ir]. The van der Waals surface area contributed by atoms with Gasteiger partial charge in [-0.3, -0.25) is 4.98 Å². The van der Waals surface area contributed by atoms with Crippen molar-refractivity contribution in [2.24, 2.45) is 5.92 Å². The van der Waals surface area contributed by atoms with Crippen LogP contribution in [0.5, 0.6) is 0 Å². The number of benzene rings is 5. The van der Waals surface area contributed by atoms with Crippen molar-refractivity contribution in [2.75, 3.05) is 0 Å². The first-order valence-corrected chi connectivity index (χ1v) is 21.4. The third kappa shape index (κ3) is 7.61. The molecule has 8 aromatic rings. The summed E-state index contributed by atoms with van der Waals surface area (Å²) in [6.45, 7) is 16.1. The molecule has 0 unspecified atom stereocenters. The van der Waals surface area contributed by atoms with Gasteiger partial charge in [0.1, 0.15) is 5.58 Å². The van der Waals surface area contributed by atoms with E-state index in [0.29, 0.717) is 5.92 Å². The van der Waals surface area contributed by atoms with Gasteiger partial charge in [-0.25, -0.2) is 0 Å². The van der Waals surface area contributed by atoms with E-state index in [-0.39, 0.29) is 26.1 Å². The fourth-order valence-electron chi connectivity index (χ4n) is 6.95. The van der Waals surface area contributed by atoms with Gasteiger partial charge in [0.2, 0.25) is 0 Å². The predicted octanol–water partition coefficient (Wildman–Crippen LogP) is 11.9. The van der Waals surface area contributed by atoms with Gasteiger partial charge < -0.3 is 14.0 Å². The van der Waals surface area contributed by atoms with E-state index in [1.807, 2.05) is 42.5 Å². The van der Waals surface area contributed by atoms with E-state index in [1.165, 1.54) is 21.9 Å². The van der Waals surface area contributed by atoms with E-state index < -0.39 is 8.07 Å². The third-order valence-electron chi connectivity index (χ3n) is 9.28. The molecule has 265 valence electrons. The largest absolute Gasteiger partial charge is 0.501 e. The molecule has 0 spiro atoms. The van der Waals surface area contributed by atoms with Gasteiger partial charge in [0.05, 0.1) is 30.5 Å². The number of hydrogen-bond acceptors (Lipinski definition) is 3. The molecule has 3 heterocycles. The van der Waals surface area contributed by atoms with Gasteiger partial charge in [-0.1, -0.05) is 117 Å². The molecule has 5 aromatic carbocycles. The Morgan fingerprint density at radius 1 is 0.750 bits per heavy atom. The summed E-state index contributed by atoms with van der Waals surface area (Å²) in [7, 11) is -1.40. The molecule has 0 bridgehead atoms. The van der Waals surface area contributed by atoms with E-state index in [9.17, 15) is 0 Å². The molecule has 0 aliphatic rings. The van der Waals surface area contributed by atoms with Gasteiger partial charge in [-0.15, -0.1) is 53.6 Å². The number of hydrogen-bond donors (Lipinski definition) is 0. The molecule has 0 aliphatic carbocycles. The smallest absolute Gasteiger partial charge is 0.120 e. The van der Waals surface area contributed by atoms with Crippen LogP contribution in [0.15, 0.2) is 126 Å². The Kier molecular flexibility index (Phi) is 11.1. The zero-order valence-corrected chi connectivity index (χ0v) is 34.4. The summed E-state index contributed by atoms with van der Waals surface area (Å²) in [5.41, 5.74) is 10.8. The summed E-state index contributed by atoms with van der Waals surface area (Å²) in [6, 6.07) is 46.6. The first-order valence-electron chi connectivity index (χ1n) is 17.9. The Hall–Kier alpha value is -4.61. The van der Waals surface area contributed by atoms with Crippen molar-refractivity contribution in [3.8, 4) is 33.8 Å². The first-order chi connectivity index (χ1) is 24.6. The van der Waals surface area contributed by atoms with Crippen LogP contribution in [0.3, 0.4) is 0 Å². The van der Waals surface area contributed by atoms with Gasteiger partial charge >= 0.3 is 0 Å². The Balaban J connectivity index is 0.000000175. The summed E-state index contributed by atoms with van der Waals surface area (Å²) >= 11 is 0. The average molecular weight is 876 g/mol. The van der Waals surface area contributed by atoms with Crippen molar-refractivity contribution in [1.29, 1.82) is 0 Å². The van der Waals surface area contributed by atoms with Crippen molar-refractivity contribution in [3.05, 3.63) is 139 Å². The van der Waals surface area contributed by atoms with E-state index >= 15 is 0 Å². The van der Waals surface area contributed by atoms with Crippen LogP contribution in [-0.4, -0.2) is 22.6 Å². The van der Waals surface area contributed by atoms with Crippen molar-refractivity contribution < 1.29 is 24.5 Å². The molecule has 8 rings (SSSR count). The molecule has 6 heteroatoms. The van der Waals surface area contributed by atoms with Crippen LogP contribution >= 0.6 is 0 Å². The molecule has 52 heavy (non-hydrogen) atoms. The molecule has 0 saturated heterocycles. The molecule has 0 atom stereocenters. The fraction of sp³-hybridized carbons (Fsp3) is 0.217. The van der Waals surface area contributed by atoms with E-state index in [1.54, 1.807) is 0 Å². The third-order valence-corrected chi connectivity index (χ3v) is 11.4. The van der Waals surface area contributed by atoms with Crippen LogP contribution in [0, 0.1) is 18.1 Å². The van der Waals surface area contributed by atoms with Crippen molar-refractivity contribution >= 4 is 46.2 Å². The summed E-state index contributed by atoms with van der Waals surface area (Å²) in [4.78, 5) is 9.72. The minimum atomic E-state index is -1.40. The maximum atomic E-state index is 6.18. The molecule has 3 aromatic heterocycles. The normalized spacial score (nSPS) is 11.6. The summed E-state index contributed by atoms with van der Waals surface area (Å²) in [5.74, 6) is 1.54. The Morgan fingerprint density at radius 2 is 1.46 bits per heavy atom. The Labute approximate surface area is 322 Å². The fourth-order valence-corrected chi connectivity index (χ4v) is 8.54. The zero-order chi connectivity index (χ0) is 35.7. The summed E-state index contributed by atoms with van der Waals surface area (Å²) < 4.78 is 8.44. The van der Waals surface area contributed by atoms with Gasteiger partial charge in [-0.2, -0.15) is 0 Å². The Morgan fingerprint density at radius 3 is 2.21 bits per heavy atom. The molecule has 0 N–H and O–H groups in total. The first kappa shape index (κ1) is 37.2. The monoisotopic (exact) mass is 876 g/mol. The maximum absolute atomic E-state index is 6.18. The van der Waals surface area contributed by atoms with Crippen molar-refractivity contribution in [2.45, 2.75) is 59.8 Å². The molecular formula is C46H45IrN3OSi-2. The van der Waals surface area contributed by atoms with Gasteiger partial charge in [0, 0.05) is 37.7 Å². The number of rotatable bonds is 7. The van der Waals surface area contributed by atoms with E-state index in [0.717, 1.165) is 62.0 Å². The van der Waals surface area contributed by atoms with Crippen LogP contribution in [0.4, 0.5) is 0 Å². The second-order valence-electron chi connectivity index (χ2n) is 15.0. The molecule has 0 aliphatic heterocycles. The van der Waals surface area contributed by atoms with Gasteiger partial charge in [0.15, 0.2) is 0 Å². The van der Waals surface area contributed by atoms with E-state index in [4.69, 9.17) is 14.4 Å².